The van der Waals surface area contributed by atoms with Crippen LogP contribution in [0.3, 0.4) is 0 Å². The van der Waals surface area contributed by atoms with Crippen molar-refractivity contribution in [1.82, 2.24) is 0 Å². The van der Waals surface area contributed by atoms with E-state index < -0.39 is 0 Å². The van der Waals surface area contributed by atoms with Crippen molar-refractivity contribution in [3.8, 4) is 0 Å². The molecule has 0 N–H and O–H groups in total. The Morgan fingerprint density at radius 2 is 1.50 bits per heavy atom. The number of hydrogen-bond acceptors (Lipinski definition) is 0. The van der Waals surface area contributed by atoms with Gasteiger partial charge in [0.2, 0.25) is 0 Å². The molecule has 0 spiro atoms. The van der Waals surface area contributed by atoms with E-state index in [-0.39, 0.29) is 17.0 Å². The molecule has 1 aliphatic carbocycles. The van der Waals surface area contributed by atoms with Crippen molar-refractivity contribution in [2.75, 3.05) is 0 Å². The zero-order chi connectivity index (χ0) is 5.11. The van der Waals surface area contributed by atoms with Crippen molar-refractivity contribution in [2.24, 2.45) is 0 Å². The molecule has 0 saturated heterocycles. The van der Waals surface area contributed by atoms with Gasteiger partial charge in [0, 0.05) is 0 Å². The van der Waals surface area contributed by atoms with Crippen LogP contribution in [0.4, 0.5) is 0 Å². The molecule has 0 aromatic heterocycles. The van der Waals surface area contributed by atoms with Gasteiger partial charge in [0.25, 0.3) is 0 Å². The van der Waals surface area contributed by atoms with E-state index in [1.807, 2.05) is 0 Å². The van der Waals surface area contributed by atoms with E-state index in [9.17, 15) is 0 Å². The molecular formula is C6H12BrZn. The van der Waals surface area contributed by atoms with Crippen LogP contribution in [0.2, 0.25) is 4.51 Å². The SMILES string of the molecule is Br.[Zn][CH]1CCCCC1. The van der Waals surface area contributed by atoms with Gasteiger partial charge in [-0.1, -0.05) is 0 Å². The molecule has 1 fully saturated rings. The Labute approximate surface area is 71.9 Å². The van der Waals surface area contributed by atoms with Gasteiger partial charge in [0.05, 0.1) is 0 Å². The molecule has 0 radical (unpaired) electrons. The van der Waals surface area contributed by atoms with Gasteiger partial charge in [-0.3, -0.25) is 0 Å². The summed E-state index contributed by atoms with van der Waals surface area (Å²) in [7, 11) is 0. The predicted octanol–water partition coefficient (Wildman–Crippen LogP) is 2.86. The predicted molar refractivity (Wildman–Crippen MR) is 37.2 cm³/mol. The van der Waals surface area contributed by atoms with Crippen LogP contribution in [0, 0.1) is 0 Å². The molecule has 45 valence electrons. The van der Waals surface area contributed by atoms with Crippen LogP contribution in [0.25, 0.3) is 0 Å². The van der Waals surface area contributed by atoms with Crippen molar-refractivity contribution in [3.63, 3.8) is 0 Å². The molecule has 8 heavy (non-hydrogen) atoms. The summed E-state index contributed by atoms with van der Waals surface area (Å²) in [5.41, 5.74) is 0. The Hall–Kier alpha value is 1.10. The monoisotopic (exact) mass is 227 g/mol. The first-order chi connectivity index (χ1) is 3.39. The molecule has 0 amide bonds. The van der Waals surface area contributed by atoms with Crippen LogP contribution < -0.4 is 0 Å². The molecule has 0 unspecified atom stereocenters. The van der Waals surface area contributed by atoms with Gasteiger partial charge < -0.3 is 0 Å². The molecular weight excluding hydrogens is 217 g/mol. The minimum absolute atomic E-state index is 0. The van der Waals surface area contributed by atoms with Crippen LogP contribution in [0.1, 0.15) is 32.1 Å². The fourth-order valence-corrected chi connectivity index (χ4v) is 2.40. The topological polar surface area (TPSA) is 0 Å². The zero-order valence-corrected chi connectivity index (χ0v) is 9.91. The molecule has 2 heteroatoms. The van der Waals surface area contributed by atoms with E-state index in [4.69, 9.17) is 0 Å². The van der Waals surface area contributed by atoms with Crippen molar-refractivity contribution in [1.29, 1.82) is 0 Å². The third kappa shape index (κ3) is 3.19. The van der Waals surface area contributed by atoms with Crippen LogP contribution in [-0.2, 0) is 18.3 Å². The standard InChI is InChI=1S/C6H11.BrH.Zn/c1-2-4-6-5-3-1;;/h1H,2-6H2;1H;. The van der Waals surface area contributed by atoms with Crippen LogP contribution in [0.5, 0.6) is 0 Å². The van der Waals surface area contributed by atoms with E-state index in [1.165, 1.54) is 19.3 Å². The first-order valence-corrected chi connectivity index (χ1v) is 4.94. The third-order valence-corrected chi connectivity index (χ3v) is 3.44. The van der Waals surface area contributed by atoms with Crippen LogP contribution in [0.15, 0.2) is 0 Å². The second kappa shape index (κ2) is 4.93. The van der Waals surface area contributed by atoms with E-state index in [0.29, 0.717) is 0 Å². The summed E-state index contributed by atoms with van der Waals surface area (Å²) in [6, 6.07) is 0. The first kappa shape index (κ1) is 9.10. The Bertz CT molecular complexity index is 50.5. The van der Waals surface area contributed by atoms with Gasteiger partial charge in [-0.25, -0.2) is 0 Å². The number of rotatable bonds is 0. The first-order valence-electron chi connectivity index (χ1n) is 3.22. The number of halogens is 1. The van der Waals surface area contributed by atoms with E-state index >= 15 is 0 Å². The summed E-state index contributed by atoms with van der Waals surface area (Å²) in [5, 5.41) is 0. The van der Waals surface area contributed by atoms with Crippen molar-refractivity contribution in [2.45, 2.75) is 36.6 Å². The molecule has 0 aromatic carbocycles. The summed E-state index contributed by atoms with van der Waals surface area (Å²) in [6.45, 7) is 0. The molecule has 1 saturated carbocycles. The summed E-state index contributed by atoms with van der Waals surface area (Å²) in [4.78, 5) is 0. The van der Waals surface area contributed by atoms with E-state index in [2.05, 4.69) is 0 Å². The minimum atomic E-state index is 0. The second-order valence-corrected chi connectivity index (χ2v) is 4.93. The molecule has 1 rings (SSSR count). The quantitative estimate of drug-likeness (QED) is 0.560. The fourth-order valence-electron chi connectivity index (χ4n) is 1.19. The van der Waals surface area contributed by atoms with Gasteiger partial charge in [0.15, 0.2) is 0 Å². The van der Waals surface area contributed by atoms with Crippen LogP contribution >= 0.6 is 17.0 Å². The fraction of sp³-hybridized carbons (Fsp3) is 1.00. The van der Waals surface area contributed by atoms with Crippen LogP contribution in [-0.4, -0.2) is 0 Å². The maximum absolute atomic E-state index is 1.54. The van der Waals surface area contributed by atoms with Gasteiger partial charge in [-0.05, 0) is 0 Å². The van der Waals surface area contributed by atoms with Crippen molar-refractivity contribution >= 4 is 17.0 Å². The molecule has 0 aliphatic heterocycles. The van der Waals surface area contributed by atoms with Gasteiger partial charge in [-0.15, -0.1) is 17.0 Å². The maximum atomic E-state index is 1.54. The normalized spacial score (nSPS) is 22.2. The van der Waals surface area contributed by atoms with Crippen molar-refractivity contribution < 1.29 is 18.3 Å². The van der Waals surface area contributed by atoms with Gasteiger partial charge in [0.1, 0.15) is 0 Å². The number of hydrogen-bond donors (Lipinski definition) is 0. The second-order valence-electron chi connectivity index (χ2n) is 2.50. The van der Waals surface area contributed by atoms with Gasteiger partial charge in [-0.2, -0.15) is 0 Å². The summed E-state index contributed by atoms with van der Waals surface area (Å²) >= 11 is 1.54. The van der Waals surface area contributed by atoms with Gasteiger partial charge >= 0.3 is 54.9 Å². The third-order valence-electron chi connectivity index (χ3n) is 1.72. The Morgan fingerprint density at radius 3 is 1.75 bits per heavy atom. The van der Waals surface area contributed by atoms with Crippen molar-refractivity contribution in [3.05, 3.63) is 0 Å². The average Bonchev–Trinajstić information content (AvgIpc) is 1.69. The Morgan fingerprint density at radius 1 is 1.00 bits per heavy atom. The molecule has 0 heterocycles. The Kier molecular flexibility index (Phi) is 5.61. The molecule has 0 aromatic rings. The molecule has 0 nitrogen and oxygen atoms in total. The van der Waals surface area contributed by atoms with E-state index in [1.54, 1.807) is 31.1 Å². The molecule has 0 atom stereocenters. The molecule has 1 aliphatic rings. The zero-order valence-electron chi connectivity index (χ0n) is 5.23. The summed E-state index contributed by atoms with van der Waals surface area (Å²) in [5.74, 6) is 0. The summed E-state index contributed by atoms with van der Waals surface area (Å²) in [6.07, 6.45) is 7.63. The average molecular weight is 229 g/mol. The molecule has 0 bridgehead atoms. The van der Waals surface area contributed by atoms with E-state index in [0.717, 1.165) is 4.51 Å². The summed E-state index contributed by atoms with van der Waals surface area (Å²) < 4.78 is 1.16. The Balaban J connectivity index is 0.000000490.